The molecule has 0 atom stereocenters. The zero-order chi connectivity index (χ0) is 18.4. The lowest BCUT2D eigenvalue weighted by Crippen LogP contribution is -2.46. The van der Waals surface area contributed by atoms with E-state index in [-0.39, 0.29) is 5.91 Å². The third kappa shape index (κ3) is 4.70. The van der Waals surface area contributed by atoms with E-state index in [4.69, 9.17) is 11.6 Å². The van der Waals surface area contributed by atoms with Crippen LogP contribution in [0.15, 0.2) is 36.5 Å². The molecule has 2 heterocycles. The monoisotopic (exact) mass is 373 g/mol. The Morgan fingerprint density at radius 2 is 1.88 bits per heavy atom. The topological polar surface area (TPSA) is 78.4 Å². The number of rotatable bonds is 6. The van der Waals surface area contributed by atoms with Crippen LogP contribution in [0.4, 0.5) is 5.95 Å². The van der Waals surface area contributed by atoms with E-state index in [1.54, 1.807) is 17.2 Å². The highest BCUT2D eigenvalue weighted by Gasteiger charge is 2.19. The molecule has 0 unspecified atom stereocenters. The van der Waals surface area contributed by atoms with E-state index in [0.717, 1.165) is 12.0 Å². The van der Waals surface area contributed by atoms with Crippen LogP contribution in [0.25, 0.3) is 0 Å². The lowest BCUT2D eigenvalue weighted by Gasteiger charge is -2.32. The molecule has 1 aliphatic heterocycles. The second-order valence-electron chi connectivity index (χ2n) is 6.00. The number of nitrogens with zero attached hydrogens (tertiary/aromatic N) is 4. The average Bonchev–Trinajstić information content (AvgIpc) is 2.69. The van der Waals surface area contributed by atoms with Gasteiger partial charge in [-0.1, -0.05) is 23.7 Å². The number of nitrogens with one attached hydrogen (secondary N) is 1. The summed E-state index contributed by atoms with van der Waals surface area (Å²) in [4.78, 5) is 35.4. The average molecular weight is 374 g/mol. The van der Waals surface area contributed by atoms with Gasteiger partial charge in [0.05, 0.1) is 0 Å². The van der Waals surface area contributed by atoms with Crippen molar-refractivity contribution in [3.05, 3.63) is 52.8 Å². The number of aromatic nitrogens is 2. The number of benzene rings is 1. The molecule has 1 saturated heterocycles. The van der Waals surface area contributed by atoms with Crippen molar-refractivity contribution >= 4 is 29.9 Å². The number of anilines is 1. The van der Waals surface area contributed by atoms with Crippen molar-refractivity contribution in [3.63, 3.8) is 0 Å². The molecule has 0 spiro atoms. The van der Waals surface area contributed by atoms with Gasteiger partial charge in [0.25, 0.3) is 5.91 Å². The van der Waals surface area contributed by atoms with Crippen LogP contribution in [0.3, 0.4) is 0 Å². The summed E-state index contributed by atoms with van der Waals surface area (Å²) < 4.78 is 0. The molecule has 0 aliphatic carbocycles. The predicted octanol–water partition coefficient (Wildman–Crippen LogP) is 1.38. The fraction of sp³-hybridized carbons (Fsp3) is 0.333. The quantitative estimate of drug-likeness (QED) is 0.774. The minimum Gasteiger partial charge on any atom is -0.350 e. The molecule has 1 aliphatic rings. The zero-order valence-electron chi connectivity index (χ0n) is 14.3. The van der Waals surface area contributed by atoms with Crippen molar-refractivity contribution < 1.29 is 9.59 Å². The molecule has 0 saturated carbocycles. The number of halogens is 1. The van der Waals surface area contributed by atoms with Crippen molar-refractivity contribution in [2.24, 2.45) is 0 Å². The van der Waals surface area contributed by atoms with Crippen LogP contribution in [0.1, 0.15) is 16.1 Å². The molecule has 1 N–H and O–H groups in total. The van der Waals surface area contributed by atoms with Crippen LogP contribution in [0.2, 0.25) is 5.02 Å². The molecule has 8 heteroatoms. The summed E-state index contributed by atoms with van der Waals surface area (Å²) in [6.07, 6.45) is 3.15. The van der Waals surface area contributed by atoms with Gasteiger partial charge >= 0.3 is 0 Å². The van der Waals surface area contributed by atoms with Crippen LogP contribution in [0, 0.1) is 0 Å². The summed E-state index contributed by atoms with van der Waals surface area (Å²) in [6.45, 7) is 3.08. The number of carbonyl (C=O) groups excluding carboxylic acids is 2. The summed E-state index contributed by atoms with van der Waals surface area (Å²) in [7, 11) is 0. The van der Waals surface area contributed by atoms with E-state index in [9.17, 15) is 9.59 Å². The Morgan fingerprint density at radius 3 is 2.58 bits per heavy atom. The second-order valence-corrected chi connectivity index (χ2v) is 6.44. The largest absolute Gasteiger partial charge is 0.350 e. The van der Waals surface area contributed by atoms with Gasteiger partial charge in [0.2, 0.25) is 12.4 Å². The van der Waals surface area contributed by atoms with Gasteiger partial charge in [0.1, 0.15) is 5.69 Å². The number of hydrogen-bond acceptors (Lipinski definition) is 5. The van der Waals surface area contributed by atoms with Gasteiger partial charge in [-0.15, -0.1) is 0 Å². The first-order chi connectivity index (χ1) is 12.7. The third-order valence-electron chi connectivity index (χ3n) is 4.23. The minimum atomic E-state index is -0.228. The van der Waals surface area contributed by atoms with Crippen molar-refractivity contribution in [2.45, 2.75) is 6.42 Å². The molecule has 26 heavy (non-hydrogen) atoms. The van der Waals surface area contributed by atoms with Gasteiger partial charge in [-0.3, -0.25) is 9.59 Å². The number of piperazine rings is 1. The predicted molar refractivity (Wildman–Crippen MR) is 99.4 cm³/mol. The zero-order valence-corrected chi connectivity index (χ0v) is 15.0. The third-order valence-corrected chi connectivity index (χ3v) is 4.49. The number of carbonyl (C=O) groups is 2. The van der Waals surface area contributed by atoms with E-state index in [1.807, 2.05) is 29.2 Å². The Labute approximate surface area is 157 Å². The van der Waals surface area contributed by atoms with E-state index >= 15 is 0 Å². The first-order valence-electron chi connectivity index (χ1n) is 8.46. The van der Waals surface area contributed by atoms with Gasteiger partial charge in [-0.05, 0) is 30.2 Å². The lowest BCUT2D eigenvalue weighted by atomic mass is 10.1. The summed E-state index contributed by atoms with van der Waals surface area (Å²) in [5.41, 5.74) is 1.44. The molecule has 0 radical (unpaired) electrons. The van der Waals surface area contributed by atoms with Crippen molar-refractivity contribution in [1.82, 2.24) is 20.2 Å². The smallest absolute Gasteiger partial charge is 0.270 e. The second kappa shape index (κ2) is 8.62. The van der Waals surface area contributed by atoms with E-state index in [2.05, 4.69) is 15.3 Å². The summed E-state index contributed by atoms with van der Waals surface area (Å²) >= 11 is 5.86. The van der Waals surface area contributed by atoms with Gasteiger partial charge in [-0.25, -0.2) is 9.97 Å². The molecule has 2 amide bonds. The van der Waals surface area contributed by atoms with E-state index < -0.39 is 0 Å². The maximum Gasteiger partial charge on any atom is 0.270 e. The van der Waals surface area contributed by atoms with Gasteiger partial charge < -0.3 is 15.1 Å². The van der Waals surface area contributed by atoms with Crippen LogP contribution in [-0.2, 0) is 11.2 Å². The Kier molecular flexibility index (Phi) is 6.01. The molecule has 7 nitrogen and oxygen atoms in total. The maximum absolute atomic E-state index is 12.3. The molecule has 1 aromatic carbocycles. The van der Waals surface area contributed by atoms with E-state index in [1.165, 1.54) is 0 Å². The van der Waals surface area contributed by atoms with Crippen LogP contribution in [-0.4, -0.2) is 59.9 Å². The Hall–Kier alpha value is -2.67. The van der Waals surface area contributed by atoms with Crippen molar-refractivity contribution in [2.75, 3.05) is 37.6 Å². The highest BCUT2D eigenvalue weighted by Crippen LogP contribution is 2.11. The summed E-state index contributed by atoms with van der Waals surface area (Å²) in [5.74, 6) is 0.287. The summed E-state index contributed by atoms with van der Waals surface area (Å²) in [5, 5.41) is 3.57. The Bertz CT molecular complexity index is 760. The fourth-order valence-electron chi connectivity index (χ4n) is 2.72. The number of hydrogen-bond donors (Lipinski definition) is 1. The van der Waals surface area contributed by atoms with Crippen molar-refractivity contribution in [1.29, 1.82) is 0 Å². The van der Waals surface area contributed by atoms with E-state index in [0.29, 0.717) is 55.8 Å². The fourth-order valence-corrected chi connectivity index (χ4v) is 2.84. The first-order valence-corrected chi connectivity index (χ1v) is 8.83. The van der Waals surface area contributed by atoms with Gasteiger partial charge in [0, 0.05) is 43.9 Å². The molecule has 1 aromatic heterocycles. The van der Waals surface area contributed by atoms with Crippen LogP contribution in [0.5, 0.6) is 0 Å². The van der Waals surface area contributed by atoms with Gasteiger partial charge in [0.15, 0.2) is 0 Å². The molecular weight excluding hydrogens is 354 g/mol. The molecule has 1 fully saturated rings. The normalized spacial score (nSPS) is 14.2. The molecular formula is C18H20ClN5O2. The lowest BCUT2D eigenvalue weighted by molar-refractivity contribution is -0.118. The Morgan fingerprint density at radius 1 is 1.15 bits per heavy atom. The molecule has 2 aromatic rings. The minimum absolute atomic E-state index is 0.228. The molecule has 3 rings (SSSR count). The highest BCUT2D eigenvalue weighted by molar-refractivity contribution is 6.30. The molecule has 136 valence electrons. The van der Waals surface area contributed by atoms with Crippen molar-refractivity contribution in [3.8, 4) is 0 Å². The van der Waals surface area contributed by atoms with Crippen LogP contribution >= 0.6 is 11.6 Å². The number of amides is 2. The van der Waals surface area contributed by atoms with Gasteiger partial charge in [-0.2, -0.15) is 0 Å². The Balaban J connectivity index is 1.54. The molecule has 0 bridgehead atoms. The first kappa shape index (κ1) is 18.1. The summed E-state index contributed by atoms with van der Waals surface area (Å²) in [6, 6.07) is 9.15. The maximum atomic E-state index is 12.3. The highest BCUT2D eigenvalue weighted by atomic mass is 35.5. The van der Waals surface area contributed by atoms with Crippen LogP contribution < -0.4 is 10.2 Å². The SMILES string of the molecule is O=CN1CCN(c2nccc(C(=O)NCCc3ccc(Cl)cc3)n2)CC1. The standard InChI is InChI=1S/C18H20ClN5O2/c19-15-3-1-14(2-4-15)5-7-20-17(26)16-6-8-21-18(22-16)24-11-9-23(13-25)10-12-24/h1-4,6,8,13H,5,7,9-12H2,(H,20,26).